The number of fused-ring (bicyclic) bond motifs is 1. The number of hydrogen-bond acceptors (Lipinski definition) is 3. The minimum absolute atomic E-state index is 0.107. The third kappa shape index (κ3) is 2.81. The first-order chi connectivity index (χ1) is 11.0. The van der Waals surface area contributed by atoms with Crippen molar-refractivity contribution in [1.29, 1.82) is 0 Å². The van der Waals surface area contributed by atoms with Crippen LogP contribution in [-0.4, -0.2) is 27.2 Å². The van der Waals surface area contributed by atoms with Gasteiger partial charge in [-0.3, -0.25) is 4.79 Å². The van der Waals surface area contributed by atoms with Crippen molar-refractivity contribution in [2.75, 3.05) is 26.2 Å². The highest BCUT2D eigenvalue weighted by Crippen LogP contribution is 2.41. The number of anilines is 1. The van der Waals surface area contributed by atoms with Gasteiger partial charge in [0.1, 0.15) is 11.5 Å². The molecule has 1 aliphatic rings. The molecule has 120 valence electrons. The molecule has 0 fully saturated rings. The molecule has 0 unspecified atom stereocenters. The fourth-order valence-electron chi connectivity index (χ4n) is 3.03. The summed E-state index contributed by atoms with van der Waals surface area (Å²) in [6.45, 7) is 0. The van der Waals surface area contributed by atoms with Gasteiger partial charge < -0.3 is 14.4 Å². The number of ether oxygens (including phenoxy) is 2. The summed E-state index contributed by atoms with van der Waals surface area (Å²) in [6, 6.07) is 11.7. The van der Waals surface area contributed by atoms with Crippen molar-refractivity contribution in [2.24, 2.45) is 0 Å². The lowest BCUT2D eigenvalue weighted by Crippen LogP contribution is -2.25. The Kier molecular flexibility index (Phi) is 4.31. The summed E-state index contributed by atoms with van der Waals surface area (Å²) in [4.78, 5) is 14.4. The van der Waals surface area contributed by atoms with Crippen LogP contribution in [0.2, 0.25) is 0 Å². The lowest BCUT2D eigenvalue weighted by Gasteiger charge is -2.14. The zero-order chi connectivity index (χ0) is 16.6. The summed E-state index contributed by atoms with van der Waals surface area (Å²) >= 11 is 3.49. The van der Waals surface area contributed by atoms with Gasteiger partial charge in [0.15, 0.2) is 0 Å². The number of likely N-dealkylation sites (N-methyl/N-ethyl adjacent to an activating group) is 1. The molecule has 23 heavy (non-hydrogen) atoms. The number of benzene rings is 2. The standard InChI is InChI=1S/C18H18BrNO3/c1-20-16-7-5-12(19)9-14(16)15(18(20)21)8-11-4-6-13(22-2)10-17(11)23-3/h4-7,9-10,15H,8H2,1-3H3/t15-/m1/s1. The molecule has 5 heteroatoms. The highest BCUT2D eigenvalue weighted by Gasteiger charge is 2.35. The molecule has 1 heterocycles. The Labute approximate surface area is 144 Å². The first kappa shape index (κ1) is 15.9. The van der Waals surface area contributed by atoms with Crippen molar-refractivity contribution >= 4 is 27.5 Å². The molecular formula is C18H18BrNO3. The van der Waals surface area contributed by atoms with Crippen LogP contribution in [0.5, 0.6) is 11.5 Å². The molecule has 0 saturated heterocycles. The van der Waals surface area contributed by atoms with Crippen LogP contribution in [-0.2, 0) is 11.2 Å². The van der Waals surface area contributed by atoms with Gasteiger partial charge in [-0.15, -0.1) is 0 Å². The predicted octanol–water partition coefficient (Wildman–Crippen LogP) is 3.77. The van der Waals surface area contributed by atoms with Crippen molar-refractivity contribution in [3.05, 3.63) is 52.0 Å². The number of methoxy groups -OCH3 is 2. The topological polar surface area (TPSA) is 38.8 Å². The van der Waals surface area contributed by atoms with E-state index in [-0.39, 0.29) is 11.8 Å². The average Bonchev–Trinajstić information content (AvgIpc) is 2.79. The van der Waals surface area contributed by atoms with Gasteiger partial charge in [0.25, 0.3) is 0 Å². The van der Waals surface area contributed by atoms with Crippen molar-refractivity contribution in [3.8, 4) is 11.5 Å². The Hall–Kier alpha value is -2.01. The van der Waals surface area contributed by atoms with Crippen molar-refractivity contribution in [2.45, 2.75) is 12.3 Å². The van der Waals surface area contributed by atoms with Gasteiger partial charge in [-0.25, -0.2) is 0 Å². The van der Waals surface area contributed by atoms with E-state index in [1.165, 1.54) is 0 Å². The van der Waals surface area contributed by atoms with E-state index in [2.05, 4.69) is 15.9 Å². The van der Waals surface area contributed by atoms with Crippen LogP contribution < -0.4 is 14.4 Å². The van der Waals surface area contributed by atoms with E-state index in [1.54, 1.807) is 19.1 Å². The zero-order valence-electron chi connectivity index (χ0n) is 13.3. The normalized spacial score (nSPS) is 16.4. The molecule has 4 nitrogen and oxygen atoms in total. The second-order valence-corrected chi connectivity index (χ2v) is 6.45. The first-order valence-corrected chi connectivity index (χ1v) is 8.12. The molecule has 2 aromatic carbocycles. The van der Waals surface area contributed by atoms with Gasteiger partial charge in [0.05, 0.1) is 20.1 Å². The quantitative estimate of drug-likeness (QED) is 0.816. The maximum Gasteiger partial charge on any atom is 0.234 e. The fourth-order valence-corrected chi connectivity index (χ4v) is 3.41. The number of nitrogens with zero attached hydrogens (tertiary/aromatic N) is 1. The molecule has 0 aromatic heterocycles. The summed E-state index contributed by atoms with van der Waals surface area (Å²) in [5.74, 6) is 1.39. The molecular weight excluding hydrogens is 358 g/mol. The third-order valence-electron chi connectivity index (χ3n) is 4.27. The Bertz CT molecular complexity index is 760. The Morgan fingerprint density at radius 1 is 1.13 bits per heavy atom. The Morgan fingerprint density at radius 3 is 2.61 bits per heavy atom. The molecule has 0 bridgehead atoms. The molecule has 3 rings (SSSR count). The van der Waals surface area contributed by atoms with Gasteiger partial charge in [0, 0.05) is 23.3 Å². The van der Waals surface area contributed by atoms with E-state index in [0.29, 0.717) is 6.42 Å². The van der Waals surface area contributed by atoms with Gasteiger partial charge in [-0.2, -0.15) is 0 Å². The van der Waals surface area contributed by atoms with Crippen LogP contribution in [0.3, 0.4) is 0 Å². The average molecular weight is 376 g/mol. The van der Waals surface area contributed by atoms with Crippen LogP contribution >= 0.6 is 15.9 Å². The second kappa shape index (κ2) is 6.24. The largest absolute Gasteiger partial charge is 0.497 e. The molecule has 1 amide bonds. The highest BCUT2D eigenvalue weighted by molar-refractivity contribution is 9.10. The van der Waals surface area contributed by atoms with Crippen LogP contribution in [0.1, 0.15) is 17.0 Å². The lowest BCUT2D eigenvalue weighted by molar-refractivity contribution is -0.119. The van der Waals surface area contributed by atoms with E-state index < -0.39 is 0 Å². The maximum atomic E-state index is 12.6. The third-order valence-corrected chi connectivity index (χ3v) is 4.77. The van der Waals surface area contributed by atoms with Crippen molar-refractivity contribution in [1.82, 2.24) is 0 Å². The minimum Gasteiger partial charge on any atom is -0.497 e. The molecule has 0 N–H and O–H groups in total. The minimum atomic E-state index is -0.199. The zero-order valence-corrected chi connectivity index (χ0v) is 14.9. The van der Waals surface area contributed by atoms with Crippen molar-refractivity contribution in [3.63, 3.8) is 0 Å². The molecule has 2 aromatic rings. The van der Waals surface area contributed by atoms with Gasteiger partial charge in [-0.05, 0) is 41.8 Å². The number of carbonyl (C=O) groups is 1. The summed E-state index contributed by atoms with van der Waals surface area (Å²) in [5, 5.41) is 0. The number of hydrogen-bond donors (Lipinski definition) is 0. The summed E-state index contributed by atoms with van der Waals surface area (Å²) < 4.78 is 11.7. The molecule has 0 radical (unpaired) electrons. The number of rotatable bonds is 4. The first-order valence-electron chi connectivity index (χ1n) is 7.33. The predicted molar refractivity (Wildman–Crippen MR) is 93.5 cm³/mol. The van der Waals surface area contributed by atoms with Gasteiger partial charge in [0.2, 0.25) is 5.91 Å². The van der Waals surface area contributed by atoms with Crippen LogP contribution in [0.4, 0.5) is 5.69 Å². The van der Waals surface area contributed by atoms with Crippen LogP contribution in [0.15, 0.2) is 40.9 Å². The summed E-state index contributed by atoms with van der Waals surface area (Å²) in [6.07, 6.45) is 0.597. The van der Waals surface area contributed by atoms with Gasteiger partial charge in [-0.1, -0.05) is 22.0 Å². The molecule has 1 atom stereocenters. The maximum absolute atomic E-state index is 12.6. The van der Waals surface area contributed by atoms with Crippen molar-refractivity contribution < 1.29 is 14.3 Å². The van der Waals surface area contributed by atoms with E-state index in [1.807, 2.05) is 43.4 Å². The van der Waals surface area contributed by atoms with Gasteiger partial charge >= 0.3 is 0 Å². The Morgan fingerprint density at radius 2 is 1.91 bits per heavy atom. The smallest absolute Gasteiger partial charge is 0.234 e. The van der Waals surface area contributed by atoms with Crippen LogP contribution in [0, 0.1) is 0 Å². The molecule has 0 spiro atoms. The van der Waals surface area contributed by atoms with E-state index >= 15 is 0 Å². The van der Waals surface area contributed by atoms with E-state index in [4.69, 9.17) is 9.47 Å². The number of halogens is 1. The molecule has 0 aliphatic carbocycles. The molecule has 1 aliphatic heterocycles. The summed E-state index contributed by atoms with van der Waals surface area (Å²) in [7, 11) is 5.07. The SMILES string of the molecule is COc1ccc(C[C@H]2C(=O)N(C)c3ccc(Br)cc32)c(OC)c1. The lowest BCUT2D eigenvalue weighted by atomic mass is 9.92. The Balaban J connectivity index is 1.98. The monoisotopic (exact) mass is 375 g/mol. The second-order valence-electron chi connectivity index (χ2n) is 5.53. The molecule has 0 saturated carbocycles. The number of amides is 1. The highest BCUT2D eigenvalue weighted by atomic mass is 79.9. The van der Waals surface area contributed by atoms with Crippen LogP contribution in [0.25, 0.3) is 0 Å². The fraction of sp³-hybridized carbons (Fsp3) is 0.278. The number of carbonyl (C=O) groups excluding carboxylic acids is 1. The van der Waals surface area contributed by atoms with E-state index in [0.717, 1.165) is 32.8 Å². The summed E-state index contributed by atoms with van der Waals surface area (Å²) in [5.41, 5.74) is 3.01. The van der Waals surface area contributed by atoms with E-state index in [9.17, 15) is 4.79 Å².